The molecule has 3 aromatic rings. The molecule has 8 nitrogen and oxygen atoms in total. The van der Waals surface area contributed by atoms with Crippen LogP contribution in [0.15, 0.2) is 45.1 Å². The topological polar surface area (TPSA) is 111 Å². The van der Waals surface area contributed by atoms with Crippen LogP contribution < -0.4 is 14.8 Å². The van der Waals surface area contributed by atoms with Gasteiger partial charge >= 0.3 is 0 Å². The maximum absolute atomic E-state index is 12.7. The molecule has 0 saturated heterocycles. The lowest BCUT2D eigenvalue weighted by Crippen LogP contribution is -2.22. The van der Waals surface area contributed by atoms with Crippen LogP contribution in [-0.4, -0.2) is 26.6 Å². The number of aromatic nitrogens is 1. The van der Waals surface area contributed by atoms with Gasteiger partial charge in [0, 0.05) is 22.9 Å². The number of anilines is 1. The van der Waals surface area contributed by atoms with Crippen molar-refractivity contribution >= 4 is 45.1 Å². The summed E-state index contributed by atoms with van der Waals surface area (Å²) < 4.78 is 38.8. The number of para-hydroxylation sites is 1. The number of nitrogens with zero attached hydrogens (tertiary/aromatic N) is 1. The highest BCUT2D eigenvalue weighted by molar-refractivity contribution is 7.91. The molecule has 0 atom stereocenters. The Kier molecular flexibility index (Phi) is 6.45. The molecule has 1 aromatic carbocycles. The Morgan fingerprint density at radius 3 is 2.78 bits per heavy atom. The molecule has 1 aliphatic rings. The second-order valence-electron chi connectivity index (χ2n) is 7.40. The van der Waals surface area contributed by atoms with Gasteiger partial charge in [-0.05, 0) is 50.1 Å². The van der Waals surface area contributed by atoms with Crippen molar-refractivity contribution in [1.29, 1.82) is 0 Å². The molecule has 1 amide bonds. The first-order valence-electron chi connectivity index (χ1n) is 10.0. The molecule has 0 aliphatic heterocycles. The van der Waals surface area contributed by atoms with Gasteiger partial charge in [-0.15, -0.1) is 11.3 Å². The van der Waals surface area contributed by atoms with Gasteiger partial charge in [0.25, 0.3) is 0 Å². The van der Waals surface area contributed by atoms with Crippen LogP contribution in [0, 0.1) is 12.8 Å². The van der Waals surface area contributed by atoms with E-state index in [4.69, 9.17) is 9.26 Å². The fourth-order valence-electron chi connectivity index (χ4n) is 3.04. The maximum Gasteiger partial charge on any atom is 0.250 e. The largest absolute Gasteiger partial charge is 0.496 e. The van der Waals surface area contributed by atoms with Gasteiger partial charge in [-0.25, -0.2) is 13.1 Å². The van der Waals surface area contributed by atoms with Gasteiger partial charge in [-0.1, -0.05) is 23.4 Å². The average molecular weight is 474 g/mol. The van der Waals surface area contributed by atoms with Crippen molar-refractivity contribution < 1.29 is 22.5 Å². The molecule has 1 saturated carbocycles. The molecule has 1 aliphatic carbocycles. The number of methoxy groups -OCH3 is 1. The lowest BCUT2D eigenvalue weighted by Gasteiger charge is -2.09. The van der Waals surface area contributed by atoms with Crippen LogP contribution in [-0.2, 0) is 21.4 Å². The number of benzene rings is 1. The van der Waals surface area contributed by atoms with E-state index >= 15 is 0 Å². The van der Waals surface area contributed by atoms with E-state index in [1.54, 1.807) is 44.4 Å². The SMILES string of the molecule is COc1ccccc1CNS(=O)(=O)c1ccc(/C=C/c2onc(C)c2NC(=O)C2CC2)s1. The van der Waals surface area contributed by atoms with Gasteiger partial charge < -0.3 is 14.6 Å². The number of nitrogens with one attached hydrogen (secondary N) is 2. The third-order valence-electron chi connectivity index (χ3n) is 5.00. The molecule has 0 bridgehead atoms. The van der Waals surface area contributed by atoms with Crippen molar-refractivity contribution in [2.45, 2.75) is 30.5 Å². The molecule has 4 rings (SSSR count). The Hall–Kier alpha value is -2.95. The fraction of sp³-hybridized carbons (Fsp3) is 0.273. The molecule has 2 N–H and O–H groups in total. The summed E-state index contributed by atoms with van der Waals surface area (Å²) in [5, 5.41) is 6.79. The zero-order chi connectivity index (χ0) is 22.7. The van der Waals surface area contributed by atoms with Crippen molar-refractivity contribution in [1.82, 2.24) is 9.88 Å². The normalized spacial score (nSPS) is 14.1. The van der Waals surface area contributed by atoms with Gasteiger partial charge in [0.2, 0.25) is 15.9 Å². The van der Waals surface area contributed by atoms with E-state index in [1.807, 2.05) is 18.2 Å². The number of sulfonamides is 1. The number of thiophene rings is 1. The molecular formula is C22H23N3O5S2. The van der Waals surface area contributed by atoms with Crippen molar-refractivity contribution in [2.24, 2.45) is 5.92 Å². The van der Waals surface area contributed by atoms with E-state index in [0.717, 1.165) is 34.6 Å². The van der Waals surface area contributed by atoms with Gasteiger partial charge in [-0.2, -0.15) is 0 Å². The Morgan fingerprint density at radius 1 is 1.25 bits per heavy atom. The molecule has 2 aromatic heterocycles. The summed E-state index contributed by atoms with van der Waals surface area (Å²) in [4.78, 5) is 12.8. The van der Waals surface area contributed by atoms with Crippen molar-refractivity contribution in [3.8, 4) is 5.75 Å². The summed E-state index contributed by atoms with van der Waals surface area (Å²) in [5.41, 5.74) is 1.88. The summed E-state index contributed by atoms with van der Waals surface area (Å²) >= 11 is 1.13. The summed E-state index contributed by atoms with van der Waals surface area (Å²) in [6.07, 6.45) is 5.21. The van der Waals surface area contributed by atoms with E-state index in [1.165, 1.54) is 0 Å². The van der Waals surface area contributed by atoms with Gasteiger partial charge in [0.05, 0.1) is 7.11 Å². The zero-order valence-electron chi connectivity index (χ0n) is 17.6. The quantitative estimate of drug-likeness (QED) is 0.485. The highest BCUT2D eigenvalue weighted by Crippen LogP contribution is 2.32. The summed E-state index contributed by atoms with van der Waals surface area (Å²) in [5.74, 6) is 1.08. The average Bonchev–Trinajstić information content (AvgIpc) is 3.44. The maximum atomic E-state index is 12.7. The lowest BCUT2D eigenvalue weighted by atomic mass is 10.2. The molecular weight excluding hydrogens is 450 g/mol. The number of ether oxygens (including phenoxy) is 1. The van der Waals surface area contributed by atoms with Gasteiger partial charge in [0.1, 0.15) is 21.3 Å². The number of carbonyl (C=O) groups excluding carboxylic acids is 1. The number of hydrogen-bond acceptors (Lipinski definition) is 7. The third-order valence-corrected chi connectivity index (χ3v) is 7.94. The minimum Gasteiger partial charge on any atom is -0.496 e. The van der Waals surface area contributed by atoms with E-state index < -0.39 is 10.0 Å². The van der Waals surface area contributed by atoms with Crippen molar-refractivity contribution in [2.75, 3.05) is 12.4 Å². The van der Waals surface area contributed by atoms with Crippen LogP contribution in [0.3, 0.4) is 0 Å². The highest BCUT2D eigenvalue weighted by Gasteiger charge is 2.30. The number of aryl methyl sites for hydroxylation is 1. The fourth-order valence-corrected chi connectivity index (χ4v) is 5.32. The standard InChI is InChI=1S/C22H23N3O5S2/c1-14-21(24-22(26)15-7-8-15)19(30-25-14)11-9-17-10-12-20(31-17)32(27,28)23-13-16-5-3-4-6-18(16)29-2/h3-6,9-12,15,23H,7-8,13H2,1-2H3,(H,24,26)/b11-9+. The predicted molar refractivity (Wildman–Crippen MR) is 123 cm³/mol. The highest BCUT2D eigenvalue weighted by atomic mass is 32.2. The van der Waals surface area contributed by atoms with E-state index in [0.29, 0.717) is 22.9 Å². The van der Waals surface area contributed by atoms with Crippen LogP contribution >= 0.6 is 11.3 Å². The van der Waals surface area contributed by atoms with Gasteiger partial charge in [0.15, 0.2) is 5.76 Å². The lowest BCUT2D eigenvalue weighted by molar-refractivity contribution is -0.117. The van der Waals surface area contributed by atoms with Crippen LogP contribution in [0.1, 0.15) is 34.7 Å². The van der Waals surface area contributed by atoms with E-state index in [9.17, 15) is 13.2 Å². The van der Waals surface area contributed by atoms with Crippen LogP contribution in [0.4, 0.5) is 5.69 Å². The van der Waals surface area contributed by atoms with E-state index in [-0.39, 0.29) is 22.6 Å². The second kappa shape index (κ2) is 9.27. The van der Waals surface area contributed by atoms with Gasteiger partial charge in [-0.3, -0.25) is 4.79 Å². The monoisotopic (exact) mass is 473 g/mol. The van der Waals surface area contributed by atoms with Crippen LogP contribution in [0.5, 0.6) is 5.75 Å². The minimum absolute atomic E-state index is 0.0309. The molecule has 2 heterocycles. The van der Waals surface area contributed by atoms with Crippen LogP contribution in [0.2, 0.25) is 0 Å². The molecule has 32 heavy (non-hydrogen) atoms. The van der Waals surface area contributed by atoms with E-state index in [2.05, 4.69) is 15.2 Å². The second-order valence-corrected chi connectivity index (χ2v) is 10.5. The Labute approximate surface area is 190 Å². The number of amides is 1. The number of rotatable bonds is 9. The first-order chi connectivity index (χ1) is 15.4. The number of hydrogen-bond donors (Lipinski definition) is 2. The molecule has 0 spiro atoms. The first kappa shape index (κ1) is 22.3. The summed E-state index contributed by atoms with van der Waals surface area (Å²) in [6, 6.07) is 10.5. The van der Waals surface area contributed by atoms with Crippen LogP contribution in [0.25, 0.3) is 12.2 Å². The Balaban J connectivity index is 1.44. The molecule has 1 fully saturated rings. The summed E-state index contributed by atoms with van der Waals surface area (Å²) in [6.45, 7) is 1.88. The van der Waals surface area contributed by atoms with Crippen molar-refractivity contribution in [3.05, 3.63) is 58.3 Å². The molecule has 168 valence electrons. The number of carbonyl (C=O) groups is 1. The van der Waals surface area contributed by atoms with Crippen molar-refractivity contribution in [3.63, 3.8) is 0 Å². The Morgan fingerprint density at radius 2 is 2.03 bits per heavy atom. The zero-order valence-corrected chi connectivity index (χ0v) is 19.3. The smallest absolute Gasteiger partial charge is 0.250 e. The Bertz CT molecular complexity index is 1260. The first-order valence-corrected chi connectivity index (χ1v) is 12.3. The minimum atomic E-state index is -3.68. The molecule has 0 unspecified atom stereocenters. The predicted octanol–water partition coefficient (Wildman–Crippen LogP) is 4.05. The molecule has 0 radical (unpaired) electrons. The molecule has 10 heteroatoms. The summed E-state index contributed by atoms with van der Waals surface area (Å²) in [7, 11) is -2.14. The third kappa shape index (κ3) is 5.09.